The molecule has 2 aromatic rings. The smallest absolute Gasteiger partial charge is 0.224 e. The van der Waals surface area contributed by atoms with E-state index in [1.54, 1.807) is 0 Å². The van der Waals surface area contributed by atoms with Gasteiger partial charge in [-0.05, 0) is 13.8 Å². The van der Waals surface area contributed by atoms with Crippen LogP contribution in [-0.2, 0) is 6.42 Å². The summed E-state index contributed by atoms with van der Waals surface area (Å²) in [5, 5.41) is 10.0. The topological polar surface area (TPSA) is 88.8 Å². The van der Waals surface area contributed by atoms with Gasteiger partial charge in [0.2, 0.25) is 12.3 Å². The maximum Gasteiger partial charge on any atom is 0.224 e. The fourth-order valence-electron chi connectivity index (χ4n) is 1.50. The summed E-state index contributed by atoms with van der Waals surface area (Å²) in [6.45, 7) is 5.44. The van der Waals surface area contributed by atoms with E-state index < -0.39 is 0 Å². The molecular formula is C11H16N6O. The minimum absolute atomic E-state index is 0.638. The van der Waals surface area contributed by atoms with Gasteiger partial charge in [0.15, 0.2) is 5.82 Å². The van der Waals surface area contributed by atoms with Crippen molar-refractivity contribution in [1.29, 1.82) is 0 Å². The zero-order valence-corrected chi connectivity index (χ0v) is 10.5. The average Bonchev–Trinajstić information content (AvgIpc) is 2.82. The molecule has 0 aromatic carbocycles. The van der Waals surface area contributed by atoms with Crippen LogP contribution in [0.2, 0.25) is 0 Å². The van der Waals surface area contributed by atoms with Crippen LogP contribution in [0.4, 0.5) is 11.8 Å². The maximum atomic E-state index is 4.66. The van der Waals surface area contributed by atoms with Crippen LogP contribution in [0.1, 0.15) is 18.4 Å². The second-order valence-electron chi connectivity index (χ2n) is 3.77. The summed E-state index contributed by atoms with van der Waals surface area (Å²) in [5.74, 6) is 2.11. The van der Waals surface area contributed by atoms with E-state index in [4.69, 9.17) is 0 Å². The van der Waals surface area contributed by atoms with Crippen molar-refractivity contribution in [3.05, 3.63) is 24.0 Å². The van der Waals surface area contributed by atoms with Crippen LogP contribution in [0.15, 0.2) is 17.0 Å². The first-order valence-corrected chi connectivity index (χ1v) is 5.86. The zero-order chi connectivity index (χ0) is 12.8. The van der Waals surface area contributed by atoms with Crippen LogP contribution in [0, 0.1) is 6.92 Å². The van der Waals surface area contributed by atoms with Crippen molar-refractivity contribution in [2.45, 2.75) is 20.3 Å². The molecule has 0 bridgehead atoms. The molecule has 0 aliphatic heterocycles. The first-order chi connectivity index (χ1) is 8.78. The van der Waals surface area contributed by atoms with Crippen LogP contribution in [0.25, 0.3) is 0 Å². The highest BCUT2D eigenvalue weighted by molar-refractivity contribution is 5.42. The van der Waals surface area contributed by atoms with Gasteiger partial charge in [-0.1, -0.05) is 5.16 Å². The lowest BCUT2D eigenvalue weighted by atomic mass is 10.4. The predicted molar refractivity (Wildman–Crippen MR) is 67.4 cm³/mol. The molecule has 0 saturated carbocycles. The molecule has 2 rings (SSSR count). The van der Waals surface area contributed by atoms with E-state index >= 15 is 0 Å². The van der Waals surface area contributed by atoms with Crippen molar-refractivity contribution in [2.24, 2.45) is 0 Å². The summed E-state index contributed by atoms with van der Waals surface area (Å²) >= 11 is 0. The van der Waals surface area contributed by atoms with Crippen molar-refractivity contribution in [1.82, 2.24) is 20.1 Å². The summed E-state index contributed by atoms with van der Waals surface area (Å²) in [6, 6.07) is 1.90. The van der Waals surface area contributed by atoms with E-state index in [-0.39, 0.29) is 0 Å². The Morgan fingerprint density at radius 1 is 1.28 bits per heavy atom. The van der Waals surface area contributed by atoms with Gasteiger partial charge in [0, 0.05) is 31.3 Å². The molecule has 0 spiro atoms. The van der Waals surface area contributed by atoms with Crippen molar-refractivity contribution in [3.8, 4) is 0 Å². The van der Waals surface area contributed by atoms with Gasteiger partial charge in [0.1, 0.15) is 5.82 Å². The third-order valence-electron chi connectivity index (χ3n) is 2.25. The van der Waals surface area contributed by atoms with Gasteiger partial charge in [-0.15, -0.1) is 0 Å². The molecule has 0 radical (unpaired) electrons. The average molecular weight is 248 g/mol. The third kappa shape index (κ3) is 3.41. The second-order valence-corrected chi connectivity index (χ2v) is 3.77. The van der Waals surface area contributed by atoms with Gasteiger partial charge in [-0.25, -0.2) is 4.98 Å². The molecule has 2 aromatic heterocycles. The molecule has 0 aliphatic rings. The maximum absolute atomic E-state index is 4.66. The summed E-state index contributed by atoms with van der Waals surface area (Å²) < 4.78 is 4.66. The van der Waals surface area contributed by atoms with Gasteiger partial charge in [-0.3, -0.25) is 0 Å². The highest BCUT2D eigenvalue weighted by Gasteiger charge is 2.02. The molecule has 7 heteroatoms. The van der Waals surface area contributed by atoms with Gasteiger partial charge in [-0.2, -0.15) is 9.97 Å². The number of nitrogens with one attached hydrogen (secondary N) is 2. The Hall–Kier alpha value is -2.18. The van der Waals surface area contributed by atoms with Crippen molar-refractivity contribution < 1.29 is 4.52 Å². The minimum Gasteiger partial charge on any atom is -0.369 e. The van der Waals surface area contributed by atoms with Crippen LogP contribution < -0.4 is 10.6 Å². The normalized spacial score (nSPS) is 10.3. The number of hydrogen-bond donors (Lipinski definition) is 2. The fourth-order valence-corrected chi connectivity index (χ4v) is 1.50. The predicted octanol–water partition coefficient (Wildman–Crippen LogP) is 1.25. The van der Waals surface area contributed by atoms with E-state index in [2.05, 4.69) is 35.3 Å². The van der Waals surface area contributed by atoms with Crippen molar-refractivity contribution >= 4 is 11.8 Å². The molecule has 2 N–H and O–H groups in total. The van der Waals surface area contributed by atoms with Crippen LogP contribution in [0.5, 0.6) is 0 Å². The molecule has 0 atom stereocenters. The standard InChI is InChI=1S/C11H16N6O/c1-3-12-11-15-8(2)6-10(16-11)13-5-4-9-14-7-18-17-9/h6-7H,3-5H2,1-2H3,(H2,12,13,15,16). The fraction of sp³-hybridized carbons (Fsp3) is 0.455. The van der Waals surface area contributed by atoms with E-state index in [1.807, 2.05) is 19.9 Å². The van der Waals surface area contributed by atoms with Crippen LogP contribution >= 0.6 is 0 Å². The van der Waals surface area contributed by atoms with Gasteiger partial charge in [0.05, 0.1) is 0 Å². The largest absolute Gasteiger partial charge is 0.369 e. The Balaban J connectivity index is 1.92. The monoisotopic (exact) mass is 248 g/mol. The SMILES string of the molecule is CCNc1nc(C)cc(NCCc2ncon2)n1. The third-order valence-corrected chi connectivity index (χ3v) is 2.25. The Morgan fingerprint density at radius 3 is 2.89 bits per heavy atom. The number of anilines is 2. The molecule has 0 aliphatic carbocycles. The lowest BCUT2D eigenvalue weighted by molar-refractivity contribution is 0.410. The molecule has 2 heterocycles. The molecule has 18 heavy (non-hydrogen) atoms. The Labute approximate surface area is 105 Å². The molecule has 7 nitrogen and oxygen atoms in total. The number of nitrogens with zero attached hydrogens (tertiary/aromatic N) is 4. The Morgan fingerprint density at radius 2 is 2.17 bits per heavy atom. The summed E-state index contributed by atoms with van der Waals surface area (Å²) in [4.78, 5) is 12.6. The summed E-state index contributed by atoms with van der Waals surface area (Å²) in [7, 11) is 0. The Kier molecular flexibility index (Phi) is 4.06. The molecular weight excluding hydrogens is 232 g/mol. The second kappa shape index (κ2) is 5.95. The first-order valence-electron chi connectivity index (χ1n) is 5.86. The van der Waals surface area contributed by atoms with Crippen LogP contribution in [-0.4, -0.2) is 33.2 Å². The quantitative estimate of drug-likeness (QED) is 0.795. The molecule has 96 valence electrons. The van der Waals surface area contributed by atoms with Crippen LogP contribution in [0.3, 0.4) is 0 Å². The molecule has 0 fully saturated rings. The number of rotatable bonds is 6. The minimum atomic E-state index is 0.638. The van der Waals surface area contributed by atoms with Gasteiger partial charge >= 0.3 is 0 Å². The number of aryl methyl sites for hydroxylation is 1. The van der Waals surface area contributed by atoms with Gasteiger partial charge < -0.3 is 15.2 Å². The highest BCUT2D eigenvalue weighted by Crippen LogP contribution is 2.09. The van der Waals surface area contributed by atoms with Gasteiger partial charge in [0.25, 0.3) is 0 Å². The van der Waals surface area contributed by atoms with E-state index in [9.17, 15) is 0 Å². The van der Waals surface area contributed by atoms with Crippen molar-refractivity contribution in [3.63, 3.8) is 0 Å². The Bertz CT molecular complexity index is 484. The summed E-state index contributed by atoms with van der Waals surface area (Å²) in [5.41, 5.74) is 0.919. The zero-order valence-electron chi connectivity index (χ0n) is 10.5. The van der Waals surface area contributed by atoms with Crippen molar-refractivity contribution in [2.75, 3.05) is 23.7 Å². The lowest BCUT2D eigenvalue weighted by Gasteiger charge is -2.08. The highest BCUT2D eigenvalue weighted by atomic mass is 16.5. The lowest BCUT2D eigenvalue weighted by Crippen LogP contribution is -2.10. The summed E-state index contributed by atoms with van der Waals surface area (Å²) in [6.07, 6.45) is 2.02. The molecule has 0 saturated heterocycles. The van der Waals surface area contributed by atoms with E-state index in [0.29, 0.717) is 24.7 Å². The van der Waals surface area contributed by atoms with E-state index in [0.717, 1.165) is 18.1 Å². The molecule has 0 unspecified atom stereocenters. The number of aromatic nitrogens is 4. The number of hydrogen-bond acceptors (Lipinski definition) is 7. The first kappa shape index (κ1) is 12.3. The van der Waals surface area contributed by atoms with E-state index in [1.165, 1.54) is 6.39 Å². The molecule has 0 amide bonds.